The molecule has 0 amide bonds. The number of carbonyl (C=O) groups excluding carboxylic acids is 2. The van der Waals surface area contributed by atoms with Gasteiger partial charge < -0.3 is 20.8 Å². The Labute approximate surface area is 178 Å². The van der Waals surface area contributed by atoms with Gasteiger partial charge in [-0.25, -0.2) is 0 Å². The zero-order chi connectivity index (χ0) is 21.6. The van der Waals surface area contributed by atoms with Gasteiger partial charge in [-0.2, -0.15) is 0 Å². The molecule has 0 bridgehead atoms. The van der Waals surface area contributed by atoms with E-state index in [1.165, 1.54) is 0 Å². The van der Waals surface area contributed by atoms with Crippen molar-refractivity contribution in [3.8, 4) is 0 Å². The average Bonchev–Trinajstić information content (AvgIpc) is 2.72. The largest absolute Gasteiger partial charge is 0.308 e. The van der Waals surface area contributed by atoms with Crippen molar-refractivity contribution in [2.45, 2.75) is 91.1 Å². The molecule has 0 saturated heterocycles. The normalized spacial score (nSPS) is 12.8. The summed E-state index contributed by atoms with van der Waals surface area (Å²) in [4.78, 5) is 23.0. The molecule has 6 nitrogen and oxygen atoms in total. The van der Waals surface area contributed by atoms with Gasteiger partial charge in [0.2, 0.25) is 0 Å². The van der Waals surface area contributed by atoms with Crippen LogP contribution >= 0.6 is 18.8 Å². The molecule has 4 atom stereocenters. The molecule has 0 aliphatic heterocycles. The summed E-state index contributed by atoms with van der Waals surface area (Å²) in [5.74, 6) is 0.677. The second kappa shape index (κ2) is 23.3. The van der Waals surface area contributed by atoms with Crippen LogP contribution in [0, 0.1) is 0 Å². The van der Waals surface area contributed by atoms with Gasteiger partial charge in [-0.1, -0.05) is 59.3 Å². The maximum absolute atomic E-state index is 11.5. The van der Waals surface area contributed by atoms with E-state index in [4.69, 9.17) is 0 Å². The zero-order valence-electron chi connectivity index (χ0n) is 18.6. The summed E-state index contributed by atoms with van der Waals surface area (Å²) in [6, 6.07) is 0.156. The highest BCUT2D eigenvalue weighted by Gasteiger charge is 2.14. The number of likely N-dealkylation sites (N-methyl/N-ethyl adjacent to an activating group) is 2. The molecule has 0 fully saturated rings. The van der Waals surface area contributed by atoms with Gasteiger partial charge in [0.1, 0.15) is 11.6 Å². The van der Waals surface area contributed by atoms with Crippen LogP contribution in [0.5, 0.6) is 0 Å². The van der Waals surface area contributed by atoms with Crippen LogP contribution in [0.15, 0.2) is 0 Å². The first-order valence-electron chi connectivity index (χ1n) is 10.9. The minimum Gasteiger partial charge on any atom is -0.308 e. The fourth-order valence-electron chi connectivity index (χ4n) is 2.89. The topological polar surface area (TPSA) is 82.3 Å². The first-order valence-corrected chi connectivity index (χ1v) is 12.1. The van der Waals surface area contributed by atoms with Crippen molar-refractivity contribution >= 4 is 30.3 Å². The monoisotopic (exact) mass is 436 g/mol. The lowest BCUT2D eigenvalue weighted by molar-refractivity contribution is -0.121. The molecule has 0 radical (unpaired) electrons. The third kappa shape index (κ3) is 18.1. The molecular formula is C20H46N4O2P2. The van der Waals surface area contributed by atoms with Gasteiger partial charge in [-0.05, 0) is 51.9 Å². The summed E-state index contributed by atoms with van der Waals surface area (Å²) < 4.78 is 0. The molecule has 0 aromatic heterocycles. The van der Waals surface area contributed by atoms with Gasteiger partial charge in [0, 0.05) is 12.8 Å². The van der Waals surface area contributed by atoms with Crippen molar-refractivity contribution < 1.29 is 9.59 Å². The van der Waals surface area contributed by atoms with Crippen LogP contribution in [-0.4, -0.2) is 49.8 Å². The third-order valence-corrected chi connectivity index (χ3v) is 5.08. The Kier molecular flexibility index (Phi) is 25.2. The molecule has 0 heterocycles. The Morgan fingerprint density at radius 2 is 1.04 bits per heavy atom. The number of ketones is 2. The molecule has 0 saturated carbocycles. The van der Waals surface area contributed by atoms with E-state index >= 15 is 0 Å². The molecule has 0 aromatic rings. The van der Waals surface area contributed by atoms with Gasteiger partial charge in [0.25, 0.3) is 0 Å². The second-order valence-electron chi connectivity index (χ2n) is 6.76. The summed E-state index contributed by atoms with van der Waals surface area (Å²) in [6.07, 6.45) is 7.67. The fourth-order valence-corrected chi connectivity index (χ4v) is 3.30. The van der Waals surface area contributed by atoms with E-state index in [1.54, 1.807) is 0 Å². The number of nitrogens with one attached hydrogen (secondary N) is 4. The lowest BCUT2D eigenvalue weighted by Gasteiger charge is -2.15. The van der Waals surface area contributed by atoms with Crippen LogP contribution in [0.4, 0.5) is 0 Å². The van der Waals surface area contributed by atoms with Gasteiger partial charge in [0.15, 0.2) is 0 Å². The Morgan fingerprint density at radius 3 is 1.29 bits per heavy atom. The summed E-state index contributed by atoms with van der Waals surface area (Å²) in [6.45, 7) is 11.7. The summed E-state index contributed by atoms with van der Waals surface area (Å²) >= 11 is 0. The van der Waals surface area contributed by atoms with E-state index in [0.29, 0.717) is 24.4 Å². The molecule has 4 unspecified atom stereocenters. The van der Waals surface area contributed by atoms with Crippen molar-refractivity contribution in [2.24, 2.45) is 0 Å². The van der Waals surface area contributed by atoms with Gasteiger partial charge in [0.05, 0.1) is 12.1 Å². The highest BCUT2D eigenvalue weighted by molar-refractivity contribution is 7.13. The summed E-state index contributed by atoms with van der Waals surface area (Å²) in [5, 5.41) is 12.5. The van der Waals surface area contributed by atoms with Crippen molar-refractivity contribution in [2.75, 3.05) is 26.2 Å². The molecule has 0 aromatic carbocycles. The number of carbonyl (C=O) groups is 2. The van der Waals surface area contributed by atoms with Gasteiger partial charge in [-0.15, -0.1) is 0 Å². The van der Waals surface area contributed by atoms with Crippen molar-refractivity contribution in [1.29, 1.82) is 0 Å². The predicted octanol–water partition coefficient (Wildman–Crippen LogP) is 2.99. The molecule has 168 valence electrons. The molecule has 4 N–H and O–H groups in total. The highest BCUT2D eigenvalue weighted by Crippen LogP contribution is 2.04. The summed E-state index contributed by atoms with van der Waals surface area (Å²) in [7, 11) is 4.98. The Hall–Kier alpha value is 0.0400. The van der Waals surface area contributed by atoms with Crippen LogP contribution in [-0.2, 0) is 9.59 Å². The van der Waals surface area contributed by atoms with Crippen LogP contribution in [0.25, 0.3) is 0 Å². The Bertz CT molecular complexity index is 340. The number of hydrogen-bond acceptors (Lipinski definition) is 6. The highest BCUT2D eigenvalue weighted by atomic mass is 31.0. The van der Waals surface area contributed by atoms with E-state index in [2.05, 4.69) is 39.6 Å². The number of unbranched alkanes of at least 4 members (excludes halogenated alkanes) is 2. The number of Topliss-reactive ketones (excluding diaryl/α,β-unsaturated/α-hetero) is 2. The second-order valence-corrected chi connectivity index (χ2v) is 7.58. The number of hydrogen-bond donors (Lipinski definition) is 4. The van der Waals surface area contributed by atoms with Crippen molar-refractivity contribution in [1.82, 2.24) is 20.8 Å². The van der Waals surface area contributed by atoms with E-state index in [0.717, 1.165) is 64.7 Å². The Morgan fingerprint density at radius 1 is 0.679 bits per heavy atom. The van der Waals surface area contributed by atoms with E-state index in [1.807, 2.05) is 27.7 Å². The molecule has 0 aliphatic rings. The first kappa shape index (κ1) is 30.2. The maximum Gasteiger partial charge on any atom is 0.149 e. The lowest BCUT2D eigenvalue weighted by Crippen LogP contribution is -2.36. The minimum absolute atomic E-state index is 0.0782. The minimum atomic E-state index is 0.0782. The smallest absolute Gasteiger partial charge is 0.149 e. The molecular weight excluding hydrogens is 390 g/mol. The van der Waals surface area contributed by atoms with E-state index in [9.17, 15) is 9.59 Å². The van der Waals surface area contributed by atoms with Gasteiger partial charge >= 0.3 is 0 Å². The van der Waals surface area contributed by atoms with Crippen LogP contribution < -0.4 is 20.8 Å². The molecule has 0 aliphatic carbocycles. The van der Waals surface area contributed by atoms with Crippen LogP contribution in [0.3, 0.4) is 0 Å². The Balaban J connectivity index is 0. The zero-order valence-corrected chi connectivity index (χ0v) is 20.9. The predicted molar refractivity (Wildman–Crippen MR) is 129 cm³/mol. The quantitative estimate of drug-likeness (QED) is 0.195. The summed E-state index contributed by atoms with van der Waals surface area (Å²) in [5.41, 5.74) is 0. The molecule has 28 heavy (non-hydrogen) atoms. The SMILES string of the molecule is CCNC(CCCCNP)C(=O)CC.CCNC(CCCCNP)C(=O)CC. The molecule has 8 heteroatoms. The van der Waals surface area contributed by atoms with Gasteiger partial charge in [-0.3, -0.25) is 9.59 Å². The van der Waals surface area contributed by atoms with Crippen LogP contribution in [0.2, 0.25) is 0 Å². The number of rotatable bonds is 18. The van der Waals surface area contributed by atoms with Crippen molar-refractivity contribution in [3.63, 3.8) is 0 Å². The molecule has 0 rings (SSSR count). The van der Waals surface area contributed by atoms with Crippen molar-refractivity contribution in [3.05, 3.63) is 0 Å². The first-order chi connectivity index (χ1) is 13.5. The maximum atomic E-state index is 11.5. The average molecular weight is 437 g/mol. The van der Waals surface area contributed by atoms with Crippen LogP contribution in [0.1, 0.15) is 79.1 Å². The third-order valence-electron chi connectivity index (χ3n) is 4.50. The standard InChI is InChI=1S/2C10H23N2OP/c2*1-3-10(13)9(11-4-2)7-5-6-8-12-14/h2*9,11-12H,3-8,14H2,1-2H3. The molecule has 0 spiro atoms. The van der Waals surface area contributed by atoms with E-state index < -0.39 is 0 Å². The lowest BCUT2D eigenvalue weighted by atomic mass is 10.0. The fraction of sp³-hybridized carbons (Fsp3) is 0.900. The van der Waals surface area contributed by atoms with E-state index in [-0.39, 0.29) is 12.1 Å².